The van der Waals surface area contributed by atoms with Gasteiger partial charge in [-0.3, -0.25) is 0 Å². The van der Waals surface area contributed by atoms with E-state index in [9.17, 15) is 14.4 Å². The van der Waals surface area contributed by atoms with E-state index in [0.29, 0.717) is 78.9 Å². The van der Waals surface area contributed by atoms with Crippen LogP contribution < -0.4 is 23.5 Å². The Bertz CT molecular complexity index is 1620. The summed E-state index contributed by atoms with van der Waals surface area (Å²) in [6.07, 6.45) is 9.93. The van der Waals surface area contributed by atoms with Crippen molar-refractivity contribution in [2.75, 3.05) is 19.8 Å². The minimum atomic E-state index is -0.533. The average Bonchev–Trinajstić information content (AvgIpc) is 3.52. The van der Waals surface area contributed by atoms with Gasteiger partial charge in [-0.05, 0) is 92.1 Å². The molecular formula is C35H35N2O8+. The summed E-state index contributed by atoms with van der Waals surface area (Å²) in [4.78, 5) is 36.4. The number of unbranched alkanes of at least 4 members (excludes halogenated alkanes) is 1. The fourth-order valence-corrected chi connectivity index (χ4v) is 4.04. The third kappa shape index (κ3) is 9.96. The molecule has 0 aliphatic carbocycles. The van der Waals surface area contributed by atoms with Crippen molar-refractivity contribution in [3.05, 3.63) is 121 Å². The Labute approximate surface area is 261 Å². The number of carbonyl (C=O) groups is 3. The second-order valence-corrected chi connectivity index (χ2v) is 9.81. The summed E-state index contributed by atoms with van der Waals surface area (Å²) in [6.45, 7) is 10.7. The van der Waals surface area contributed by atoms with Gasteiger partial charge in [-0.25, -0.2) is 23.5 Å². The van der Waals surface area contributed by atoms with E-state index in [1.54, 1.807) is 79.9 Å². The normalized spacial score (nSPS) is 10.4. The van der Waals surface area contributed by atoms with Crippen molar-refractivity contribution in [2.45, 2.75) is 26.3 Å². The number of aromatic nitrogens is 2. The first-order valence-electron chi connectivity index (χ1n) is 14.3. The molecule has 0 aliphatic rings. The highest BCUT2D eigenvalue weighted by molar-refractivity contribution is 5.92. The standard InChI is InChI=1S/C35H35N2O8/c1-4-33(38)43-22-7-6-21-41-29-12-10-28(11-13-29)35(40)45-32-17-16-31(24-26(32)3)44-34(39)27-8-14-30(15-9-27)42-23-20-37-19-18-36(5-2)25-37/h4-5,8-19,24-25H,1-2,6-7,20-23H2,3H3/q+1. The Kier molecular flexibility index (Phi) is 11.7. The number of carbonyl (C=O) groups excluding carboxylic acids is 3. The summed E-state index contributed by atoms with van der Waals surface area (Å²) in [6, 6.07) is 18.1. The Balaban J connectivity index is 1.21. The van der Waals surface area contributed by atoms with Crippen molar-refractivity contribution < 1.29 is 42.6 Å². The first kappa shape index (κ1) is 32.3. The number of esters is 3. The summed E-state index contributed by atoms with van der Waals surface area (Å²) < 4.78 is 31.3. The van der Waals surface area contributed by atoms with E-state index in [2.05, 4.69) is 13.2 Å². The van der Waals surface area contributed by atoms with Gasteiger partial charge >= 0.3 is 17.9 Å². The van der Waals surface area contributed by atoms with E-state index in [0.717, 1.165) is 6.08 Å². The van der Waals surface area contributed by atoms with E-state index < -0.39 is 17.9 Å². The van der Waals surface area contributed by atoms with Crippen LogP contribution in [0.3, 0.4) is 0 Å². The van der Waals surface area contributed by atoms with Crippen LogP contribution in [-0.4, -0.2) is 42.3 Å². The highest BCUT2D eigenvalue weighted by atomic mass is 16.5. The molecule has 0 amide bonds. The van der Waals surface area contributed by atoms with Gasteiger partial charge in [-0.2, -0.15) is 0 Å². The van der Waals surface area contributed by atoms with Crippen molar-refractivity contribution in [3.63, 3.8) is 0 Å². The lowest BCUT2D eigenvalue weighted by Crippen LogP contribution is -2.34. The number of benzene rings is 3. The molecule has 0 N–H and O–H groups in total. The van der Waals surface area contributed by atoms with Gasteiger partial charge in [0.1, 0.15) is 48.5 Å². The SMILES string of the molecule is C=CC(=O)OCCCCOc1ccc(C(=O)Oc2ccc(OC(=O)c3ccc(OCC[n+]4ccn(C=C)c4)cc3)cc2C)cc1. The average molecular weight is 612 g/mol. The molecule has 1 aromatic heterocycles. The third-order valence-corrected chi connectivity index (χ3v) is 6.50. The molecule has 0 bridgehead atoms. The highest BCUT2D eigenvalue weighted by Crippen LogP contribution is 2.26. The van der Waals surface area contributed by atoms with Crippen LogP contribution in [-0.2, 0) is 16.1 Å². The predicted molar refractivity (Wildman–Crippen MR) is 166 cm³/mol. The van der Waals surface area contributed by atoms with Crippen LogP contribution in [0.15, 0.2) is 105 Å². The molecule has 232 valence electrons. The maximum Gasteiger partial charge on any atom is 0.343 e. The Morgan fingerprint density at radius 3 is 1.98 bits per heavy atom. The van der Waals surface area contributed by atoms with Gasteiger partial charge in [0.05, 0.1) is 30.5 Å². The Morgan fingerprint density at radius 2 is 1.38 bits per heavy atom. The van der Waals surface area contributed by atoms with Crippen LogP contribution in [0.5, 0.6) is 23.0 Å². The van der Waals surface area contributed by atoms with Crippen molar-refractivity contribution >= 4 is 24.1 Å². The molecule has 10 heteroatoms. The first-order valence-corrected chi connectivity index (χ1v) is 14.3. The van der Waals surface area contributed by atoms with Crippen molar-refractivity contribution in [3.8, 4) is 23.0 Å². The molecule has 0 fully saturated rings. The zero-order valence-corrected chi connectivity index (χ0v) is 25.1. The van der Waals surface area contributed by atoms with Gasteiger partial charge in [0.2, 0.25) is 6.33 Å². The van der Waals surface area contributed by atoms with Crippen LogP contribution in [0.4, 0.5) is 0 Å². The molecule has 0 unspecified atom stereocenters. The van der Waals surface area contributed by atoms with Crippen LogP contribution in [0.1, 0.15) is 39.1 Å². The summed E-state index contributed by atoms with van der Waals surface area (Å²) in [5.74, 6) is 0.410. The topological polar surface area (TPSA) is 106 Å². The molecule has 4 rings (SSSR count). The lowest BCUT2D eigenvalue weighted by molar-refractivity contribution is -0.696. The van der Waals surface area contributed by atoms with E-state index >= 15 is 0 Å². The number of imidazole rings is 1. The van der Waals surface area contributed by atoms with Gasteiger partial charge in [-0.15, -0.1) is 0 Å². The number of ether oxygens (including phenoxy) is 5. The molecule has 45 heavy (non-hydrogen) atoms. The second-order valence-electron chi connectivity index (χ2n) is 9.81. The highest BCUT2D eigenvalue weighted by Gasteiger charge is 2.14. The Hall–Kier alpha value is -5.64. The quantitative estimate of drug-likeness (QED) is 0.0531. The molecular weight excluding hydrogens is 576 g/mol. The van der Waals surface area contributed by atoms with Gasteiger partial charge in [0, 0.05) is 6.08 Å². The number of hydrogen-bond acceptors (Lipinski definition) is 8. The minimum Gasteiger partial charge on any atom is -0.494 e. The van der Waals surface area contributed by atoms with Gasteiger partial charge < -0.3 is 23.7 Å². The molecule has 0 saturated heterocycles. The van der Waals surface area contributed by atoms with E-state index in [1.165, 1.54) is 0 Å². The fourth-order valence-electron chi connectivity index (χ4n) is 4.04. The number of aryl methyl sites for hydroxylation is 1. The molecule has 4 aromatic rings. The summed E-state index contributed by atoms with van der Waals surface area (Å²) in [5, 5.41) is 0. The van der Waals surface area contributed by atoms with E-state index in [4.69, 9.17) is 23.7 Å². The van der Waals surface area contributed by atoms with Crippen molar-refractivity contribution in [1.82, 2.24) is 4.57 Å². The van der Waals surface area contributed by atoms with E-state index in [1.807, 2.05) is 27.9 Å². The molecule has 0 atom stereocenters. The smallest absolute Gasteiger partial charge is 0.343 e. The van der Waals surface area contributed by atoms with Gasteiger partial charge in [0.25, 0.3) is 0 Å². The summed E-state index contributed by atoms with van der Waals surface area (Å²) in [5.41, 5.74) is 1.35. The van der Waals surface area contributed by atoms with Crippen molar-refractivity contribution in [2.24, 2.45) is 0 Å². The summed E-state index contributed by atoms with van der Waals surface area (Å²) >= 11 is 0. The monoisotopic (exact) mass is 611 g/mol. The molecule has 0 spiro atoms. The second kappa shape index (κ2) is 16.3. The maximum absolute atomic E-state index is 12.7. The number of nitrogens with zero attached hydrogens (tertiary/aromatic N) is 2. The van der Waals surface area contributed by atoms with Crippen molar-refractivity contribution in [1.29, 1.82) is 0 Å². The maximum atomic E-state index is 12.7. The largest absolute Gasteiger partial charge is 0.494 e. The number of hydrogen-bond donors (Lipinski definition) is 0. The Morgan fingerprint density at radius 1 is 0.778 bits per heavy atom. The fraction of sp³-hybridized carbons (Fsp3) is 0.200. The number of rotatable bonds is 16. The zero-order chi connectivity index (χ0) is 32.0. The van der Waals surface area contributed by atoms with Crippen LogP contribution in [0.25, 0.3) is 6.20 Å². The van der Waals surface area contributed by atoms with Crippen LogP contribution in [0.2, 0.25) is 0 Å². The molecule has 3 aromatic carbocycles. The van der Waals surface area contributed by atoms with Crippen LogP contribution in [0, 0.1) is 6.92 Å². The first-order chi connectivity index (χ1) is 21.8. The molecule has 10 nitrogen and oxygen atoms in total. The van der Waals surface area contributed by atoms with Crippen LogP contribution >= 0.6 is 0 Å². The zero-order valence-electron chi connectivity index (χ0n) is 25.1. The predicted octanol–water partition coefficient (Wildman–Crippen LogP) is 5.59. The van der Waals surface area contributed by atoms with E-state index in [-0.39, 0.29) is 0 Å². The molecule has 0 radical (unpaired) electrons. The molecule has 0 aliphatic heterocycles. The molecule has 0 saturated carbocycles. The lowest BCUT2D eigenvalue weighted by atomic mass is 10.2. The summed E-state index contributed by atoms with van der Waals surface area (Å²) in [7, 11) is 0. The minimum absolute atomic E-state index is 0.305. The third-order valence-electron chi connectivity index (χ3n) is 6.50. The van der Waals surface area contributed by atoms with Gasteiger partial charge in [0.15, 0.2) is 0 Å². The van der Waals surface area contributed by atoms with Gasteiger partial charge in [-0.1, -0.05) is 13.2 Å². The lowest BCUT2D eigenvalue weighted by Gasteiger charge is -2.11. The molecule has 1 heterocycles.